The number of halogens is 3. The largest absolute Gasteiger partial charge is 0.471 e. The van der Waals surface area contributed by atoms with Crippen LogP contribution in [-0.4, -0.2) is 78.0 Å². The molecule has 18 heteroatoms. The lowest BCUT2D eigenvalue weighted by molar-refractivity contribution is -0.386. The van der Waals surface area contributed by atoms with Crippen molar-refractivity contribution >= 4 is 34.6 Å². The van der Waals surface area contributed by atoms with Gasteiger partial charge in [0, 0.05) is 25.0 Å². The summed E-state index contributed by atoms with van der Waals surface area (Å²) < 4.78 is 50.0. The Morgan fingerprint density at radius 1 is 1.35 bits per heavy atom. The third-order valence-electron chi connectivity index (χ3n) is 6.15. The molecule has 0 spiro atoms. The number of nitro groups is 1. The molecule has 2 unspecified atom stereocenters. The molecule has 1 saturated heterocycles. The third kappa shape index (κ3) is 7.14. The van der Waals surface area contributed by atoms with E-state index in [0.717, 1.165) is 6.07 Å². The number of nitro benzene ring substituents is 1. The maximum atomic E-state index is 12.3. The van der Waals surface area contributed by atoms with E-state index in [1.807, 2.05) is 0 Å². The van der Waals surface area contributed by atoms with Crippen molar-refractivity contribution in [2.45, 2.75) is 51.0 Å². The van der Waals surface area contributed by atoms with Gasteiger partial charge in [0.2, 0.25) is 17.7 Å². The van der Waals surface area contributed by atoms with Crippen LogP contribution < -0.4 is 15.4 Å². The molecule has 4 rings (SSSR count). The van der Waals surface area contributed by atoms with Crippen LogP contribution in [0.3, 0.4) is 0 Å². The van der Waals surface area contributed by atoms with Gasteiger partial charge >= 0.3 is 12.1 Å². The van der Waals surface area contributed by atoms with Crippen LogP contribution in [0, 0.1) is 22.0 Å². The highest BCUT2D eigenvalue weighted by Crippen LogP contribution is 2.35. The number of hydrogen-bond donors (Lipinski definition) is 4. The quantitative estimate of drug-likeness (QED) is 0.164. The number of aromatic nitrogens is 4. The molecule has 0 aliphatic carbocycles. The Bertz CT molecular complexity index is 1620. The molecule has 0 bridgehead atoms. The summed E-state index contributed by atoms with van der Waals surface area (Å²) in [5.41, 5.74) is 0.0214. The second-order valence-electron chi connectivity index (χ2n) is 9.25. The van der Waals surface area contributed by atoms with Gasteiger partial charge in [0.25, 0.3) is 5.69 Å². The zero-order chi connectivity index (χ0) is 31.5. The van der Waals surface area contributed by atoms with Crippen molar-refractivity contribution in [2.24, 2.45) is 0 Å². The zero-order valence-electron chi connectivity index (χ0n) is 22.5. The first-order valence-electron chi connectivity index (χ1n) is 12.5. The number of benzene rings is 1. The summed E-state index contributed by atoms with van der Waals surface area (Å²) in [6.45, 7) is 1.67. The van der Waals surface area contributed by atoms with E-state index >= 15 is 0 Å². The van der Waals surface area contributed by atoms with Crippen LogP contribution in [0.25, 0.3) is 11.2 Å². The number of nitrogens with one attached hydrogen (secondary N) is 2. The number of carbonyl (C=O) groups excluding carboxylic acids is 2. The summed E-state index contributed by atoms with van der Waals surface area (Å²) >= 11 is 0. The molecule has 3 aromatic rings. The Labute approximate surface area is 240 Å². The first-order valence-corrected chi connectivity index (χ1v) is 12.5. The van der Waals surface area contributed by atoms with Crippen LogP contribution >= 0.6 is 0 Å². The van der Waals surface area contributed by atoms with Crippen molar-refractivity contribution in [1.29, 1.82) is 0 Å². The van der Waals surface area contributed by atoms with Crippen LogP contribution in [0.1, 0.15) is 43.7 Å². The van der Waals surface area contributed by atoms with E-state index in [4.69, 9.17) is 9.47 Å². The number of aliphatic hydroxyl groups excluding tert-OH is 2. The van der Waals surface area contributed by atoms with Gasteiger partial charge in [-0.15, -0.1) is 0 Å². The van der Waals surface area contributed by atoms with E-state index in [-0.39, 0.29) is 40.5 Å². The number of nitrogens with zero attached hydrogens (tertiary/aromatic N) is 5. The summed E-state index contributed by atoms with van der Waals surface area (Å²) in [6.07, 6.45) is -7.18. The Hall–Kier alpha value is -4.86. The third-order valence-corrected chi connectivity index (χ3v) is 6.15. The molecule has 1 aliphatic rings. The number of imidazole rings is 1. The minimum Gasteiger partial charge on any atom is -0.468 e. The van der Waals surface area contributed by atoms with E-state index in [0.29, 0.717) is 0 Å². The number of amides is 2. The van der Waals surface area contributed by atoms with Gasteiger partial charge in [-0.25, -0.2) is 4.98 Å². The lowest BCUT2D eigenvalue weighted by Gasteiger charge is -2.17. The Balaban J connectivity index is 1.62. The van der Waals surface area contributed by atoms with Crippen molar-refractivity contribution in [3.8, 4) is 17.7 Å². The number of hydrogen-bond acceptors (Lipinski definition) is 11. The highest BCUT2D eigenvalue weighted by molar-refractivity contribution is 5.88. The molecule has 0 radical (unpaired) electrons. The van der Waals surface area contributed by atoms with Crippen molar-refractivity contribution in [3.63, 3.8) is 0 Å². The number of anilines is 1. The maximum Gasteiger partial charge on any atom is 0.471 e. The van der Waals surface area contributed by atoms with Crippen LogP contribution in [0.15, 0.2) is 24.5 Å². The van der Waals surface area contributed by atoms with Gasteiger partial charge in [-0.1, -0.05) is 11.8 Å². The predicted octanol–water partition coefficient (Wildman–Crippen LogP) is 1.50. The summed E-state index contributed by atoms with van der Waals surface area (Å²) in [4.78, 5) is 46.5. The molecule has 1 aromatic carbocycles. The van der Waals surface area contributed by atoms with Gasteiger partial charge in [0.05, 0.1) is 36.1 Å². The number of fused-ring (bicyclic) bond motifs is 1. The number of alkyl halides is 3. The van der Waals surface area contributed by atoms with Gasteiger partial charge in [0.15, 0.2) is 11.2 Å². The lowest BCUT2D eigenvalue weighted by Crippen LogP contribution is -2.36. The van der Waals surface area contributed by atoms with Gasteiger partial charge in [-0.3, -0.25) is 29.6 Å². The summed E-state index contributed by atoms with van der Waals surface area (Å²) in [7, 11) is 0. The minimum absolute atomic E-state index is 0.0845. The van der Waals surface area contributed by atoms with Crippen molar-refractivity contribution in [3.05, 3.63) is 45.8 Å². The lowest BCUT2D eigenvalue weighted by atomic mass is 10.1. The number of carbonyl (C=O) groups is 2. The van der Waals surface area contributed by atoms with E-state index in [9.17, 15) is 43.1 Å². The molecule has 4 atom stereocenters. The molecular formula is C25H24F3N7O8. The summed E-state index contributed by atoms with van der Waals surface area (Å²) in [6, 6.07) is 3.82. The monoisotopic (exact) mass is 607 g/mol. The topological polar surface area (TPSA) is 204 Å². The first-order chi connectivity index (χ1) is 20.3. The Morgan fingerprint density at radius 2 is 2.09 bits per heavy atom. The average Bonchev–Trinajstić information content (AvgIpc) is 3.52. The van der Waals surface area contributed by atoms with Crippen molar-refractivity contribution < 1.29 is 47.4 Å². The SMILES string of the molecule is CC(=O)Nc1nc(OC(C)c2ccc(C#CCNC(=O)C(F)(F)F)cc2[N+](=O)[O-])c2ncn([C@H]3CC(O)[C@@H](CO)O3)c2n1. The molecule has 4 N–H and O–H groups in total. The van der Waals surface area contributed by atoms with E-state index in [1.165, 1.54) is 36.9 Å². The standard InChI is InChI=1S/C25H24F3N7O8/c1-12(15-6-5-14(8-16(15)35(40)41)4-3-7-29-23(39)25(26,27)28)42-22-20-21(32-24(33-22)31-13(2)37)34(11-30-20)19-9-17(38)18(10-36)43-19/h5-6,8,11-12,17-19,36,38H,7,9-10H2,1-2H3,(H,29,39)(H,31,32,33,37)/t12?,17?,18-,19-/m1/s1. The van der Waals surface area contributed by atoms with Crippen LogP contribution in [0.2, 0.25) is 0 Å². The normalized spacial score (nSPS) is 18.9. The van der Waals surface area contributed by atoms with E-state index in [1.54, 1.807) is 5.32 Å². The van der Waals surface area contributed by atoms with Gasteiger partial charge < -0.3 is 25.0 Å². The molecule has 2 aromatic heterocycles. The molecule has 1 fully saturated rings. The van der Waals surface area contributed by atoms with Crippen LogP contribution in [0.4, 0.5) is 24.8 Å². The number of ether oxygens (including phenoxy) is 2. The fraction of sp³-hybridized carbons (Fsp3) is 0.400. The molecule has 15 nitrogen and oxygen atoms in total. The van der Waals surface area contributed by atoms with Crippen LogP contribution in [-0.2, 0) is 14.3 Å². The predicted molar refractivity (Wildman–Crippen MR) is 139 cm³/mol. The highest BCUT2D eigenvalue weighted by atomic mass is 19.4. The van der Waals surface area contributed by atoms with E-state index < -0.39 is 66.3 Å². The molecule has 3 heterocycles. The molecule has 2 amide bonds. The van der Waals surface area contributed by atoms with Gasteiger partial charge in [-0.05, 0) is 19.1 Å². The molecule has 0 saturated carbocycles. The molecule has 1 aliphatic heterocycles. The van der Waals surface area contributed by atoms with E-state index in [2.05, 4.69) is 32.1 Å². The maximum absolute atomic E-state index is 12.3. The molecule has 43 heavy (non-hydrogen) atoms. The second-order valence-corrected chi connectivity index (χ2v) is 9.25. The van der Waals surface area contributed by atoms with Crippen molar-refractivity contribution in [1.82, 2.24) is 24.8 Å². The Morgan fingerprint density at radius 3 is 2.72 bits per heavy atom. The summed E-state index contributed by atoms with van der Waals surface area (Å²) in [5, 5.41) is 35.4. The number of aliphatic hydroxyl groups is 2. The average molecular weight is 608 g/mol. The molecular weight excluding hydrogens is 583 g/mol. The minimum atomic E-state index is -5.07. The smallest absolute Gasteiger partial charge is 0.468 e. The van der Waals surface area contributed by atoms with Gasteiger partial charge in [0.1, 0.15) is 18.4 Å². The van der Waals surface area contributed by atoms with Crippen LogP contribution in [0.5, 0.6) is 5.88 Å². The second kappa shape index (κ2) is 12.6. The molecule has 228 valence electrons. The fourth-order valence-electron chi connectivity index (χ4n) is 4.17. The Kier molecular flexibility index (Phi) is 9.08. The highest BCUT2D eigenvalue weighted by Gasteiger charge is 2.38. The summed E-state index contributed by atoms with van der Waals surface area (Å²) in [5.74, 6) is 1.78. The van der Waals surface area contributed by atoms with Crippen molar-refractivity contribution in [2.75, 3.05) is 18.5 Å². The fourth-order valence-corrected chi connectivity index (χ4v) is 4.17. The number of rotatable bonds is 8. The first kappa shape index (κ1) is 31.1. The zero-order valence-corrected chi connectivity index (χ0v) is 22.5. The van der Waals surface area contributed by atoms with Gasteiger partial charge in [-0.2, -0.15) is 23.1 Å².